The van der Waals surface area contributed by atoms with Gasteiger partial charge >= 0.3 is 6.18 Å². The van der Waals surface area contributed by atoms with Crippen LogP contribution in [0.2, 0.25) is 0 Å². The largest absolute Gasteiger partial charge is 0.416 e. The van der Waals surface area contributed by atoms with E-state index < -0.39 is 17.8 Å². The first-order valence-electron chi connectivity index (χ1n) is 5.70. The Kier molecular flexibility index (Phi) is 5.98. The zero-order valence-corrected chi connectivity index (χ0v) is 10.9. The second-order valence-corrected chi connectivity index (χ2v) is 5.03. The van der Waals surface area contributed by atoms with E-state index in [1.54, 1.807) is 17.8 Å². The van der Waals surface area contributed by atoms with Crippen LogP contribution in [0, 0.1) is 0 Å². The Balaban J connectivity index is 2.91. The Hall–Kier alpha value is -0.720. The van der Waals surface area contributed by atoms with Crippen molar-refractivity contribution in [2.24, 2.45) is 5.84 Å². The minimum absolute atomic E-state index is 0.205. The average molecular weight is 278 g/mol. The number of hydrazine groups is 1. The highest BCUT2D eigenvalue weighted by Gasteiger charge is 2.34. The van der Waals surface area contributed by atoms with E-state index in [9.17, 15) is 13.2 Å². The highest BCUT2D eigenvalue weighted by Crippen LogP contribution is 2.35. The van der Waals surface area contributed by atoms with Crippen LogP contribution in [-0.2, 0) is 6.18 Å². The summed E-state index contributed by atoms with van der Waals surface area (Å²) in [6, 6.07) is 5.06. The monoisotopic (exact) mass is 278 g/mol. The quantitative estimate of drug-likeness (QED) is 0.476. The van der Waals surface area contributed by atoms with Gasteiger partial charge in [0.25, 0.3) is 0 Å². The smallest absolute Gasteiger partial charge is 0.271 e. The highest BCUT2D eigenvalue weighted by molar-refractivity contribution is 7.99. The topological polar surface area (TPSA) is 38.0 Å². The highest BCUT2D eigenvalue weighted by atomic mass is 32.2. The van der Waals surface area contributed by atoms with Crippen LogP contribution in [0.3, 0.4) is 0 Å². The van der Waals surface area contributed by atoms with Crippen LogP contribution in [-0.4, -0.2) is 11.5 Å². The molecule has 0 aliphatic rings. The number of hydrogen-bond donors (Lipinski definition) is 2. The molecule has 0 aromatic heterocycles. The Labute approximate surface area is 109 Å². The lowest BCUT2D eigenvalue weighted by Crippen LogP contribution is -2.31. The predicted molar refractivity (Wildman–Crippen MR) is 69.1 cm³/mol. The SMILES string of the molecule is CCCSCC(NN)c1ccccc1C(F)(F)F. The third kappa shape index (κ3) is 4.19. The maximum absolute atomic E-state index is 12.9. The fourth-order valence-electron chi connectivity index (χ4n) is 1.63. The van der Waals surface area contributed by atoms with E-state index in [4.69, 9.17) is 5.84 Å². The van der Waals surface area contributed by atoms with Crippen molar-refractivity contribution < 1.29 is 13.2 Å². The summed E-state index contributed by atoms with van der Waals surface area (Å²) in [5.74, 6) is 6.80. The van der Waals surface area contributed by atoms with E-state index in [1.165, 1.54) is 12.1 Å². The van der Waals surface area contributed by atoms with Crippen molar-refractivity contribution in [3.05, 3.63) is 35.4 Å². The third-order valence-corrected chi connectivity index (χ3v) is 3.74. The summed E-state index contributed by atoms with van der Waals surface area (Å²) < 4.78 is 38.6. The van der Waals surface area contributed by atoms with Gasteiger partial charge in [-0.05, 0) is 23.8 Å². The molecule has 0 fully saturated rings. The molecule has 1 rings (SSSR count). The van der Waals surface area contributed by atoms with Crippen LogP contribution in [0.5, 0.6) is 0 Å². The van der Waals surface area contributed by atoms with Crippen LogP contribution >= 0.6 is 11.8 Å². The van der Waals surface area contributed by atoms with Crippen LogP contribution in [0.1, 0.15) is 30.5 Å². The van der Waals surface area contributed by atoms with E-state index in [1.807, 2.05) is 6.92 Å². The summed E-state index contributed by atoms with van der Waals surface area (Å²) in [4.78, 5) is 0. The van der Waals surface area contributed by atoms with Crippen LogP contribution in [0.25, 0.3) is 0 Å². The molecule has 0 aliphatic heterocycles. The summed E-state index contributed by atoms with van der Waals surface area (Å²) in [6.07, 6.45) is -3.36. The fraction of sp³-hybridized carbons (Fsp3) is 0.500. The Morgan fingerprint density at radius 1 is 1.33 bits per heavy atom. The lowest BCUT2D eigenvalue weighted by Gasteiger charge is -2.20. The summed E-state index contributed by atoms with van der Waals surface area (Å²) in [5, 5.41) is 0. The number of alkyl halides is 3. The fourth-order valence-corrected chi connectivity index (χ4v) is 2.60. The van der Waals surface area contributed by atoms with Gasteiger partial charge in [-0.2, -0.15) is 24.9 Å². The van der Waals surface area contributed by atoms with Gasteiger partial charge in [0.1, 0.15) is 0 Å². The van der Waals surface area contributed by atoms with E-state index in [0.717, 1.165) is 18.2 Å². The zero-order chi connectivity index (χ0) is 13.6. The van der Waals surface area contributed by atoms with Crippen molar-refractivity contribution in [3.8, 4) is 0 Å². The number of rotatable bonds is 6. The molecule has 2 nitrogen and oxygen atoms in total. The van der Waals surface area contributed by atoms with Gasteiger partial charge in [-0.25, -0.2) is 0 Å². The molecule has 1 atom stereocenters. The van der Waals surface area contributed by atoms with Crippen LogP contribution in [0.4, 0.5) is 13.2 Å². The molecule has 0 aliphatic carbocycles. The van der Waals surface area contributed by atoms with E-state index in [0.29, 0.717) is 5.75 Å². The Morgan fingerprint density at radius 3 is 2.56 bits per heavy atom. The first-order valence-corrected chi connectivity index (χ1v) is 6.86. The van der Waals surface area contributed by atoms with Gasteiger partial charge < -0.3 is 0 Å². The number of thioether (sulfide) groups is 1. The molecule has 1 aromatic carbocycles. The van der Waals surface area contributed by atoms with Gasteiger partial charge in [-0.15, -0.1) is 0 Å². The second kappa shape index (κ2) is 7.01. The number of hydrogen-bond acceptors (Lipinski definition) is 3. The molecule has 1 unspecified atom stereocenters. The van der Waals surface area contributed by atoms with Crippen LogP contribution in [0.15, 0.2) is 24.3 Å². The number of nitrogens with one attached hydrogen (secondary N) is 1. The molecule has 0 heterocycles. The molecule has 0 spiro atoms. The normalized spacial score (nSPS) is 13.6. The van der Waals surface area contributed by atoms with Crippen molar-refractivity contribution >= 4 is 11.8 Å². The first-order chi connectivity index (χ1) is 8.50. The van der Waals surface area contributed by atoms with Crippen molar-refractivity contribution in [1.29, 1.82) is 0 Å². The standard InChI is InChI=1S/C12H17F3N2S/c1-2-7-18-8-11(17-16)9-5-3-4-6-10(9)12(13,14)15/h3-6,11,17H,2,7-8,16H2,1H3. The maximum Gasteiger partial charge on any atom is 0.416 e. The summed E-state index contributed by atoms with van der Waals surface area (Å²) in [5.41, 5.74) is 2.05. The molecule has 0 bridgehead atoms. The van der Waals surface area contributed by atoms with E-state index >= 15 is 0 Å². The molecule has 0 amide bonds. The van der Waals surface area contributed by atoms with Crippen molar-refractivity contribution in [2.45, 2.75) is 25.6 Å². The average Bonchev–Trinajstić information content (AvgIpc) is 2.34. The zero-order valence-electron chi connectivity index (χ0n) is 10.1. The lowest BCUT2D eigenvalue weighted by molar-refractivity contribution is -0.138. The Bertz CT molecular complexity index is 369. The summed E-state index contributed by atoms with van der Waals surface area (Å²) in [6.45, 7) is 2.03. The van der Waals surface area contributed by atoms with Gasteiger partial charge in [-0.1, -0.05) is 25.1 Å². The second-order valence-electron chi connectivity index (χ2n) is 3.88. The minimum atomic E-state index is -4.35. The van der Waals surface area contributed by atoms with E-state index in [2.05, 4.69) is 5.43 Å². The van der Waals surface area contributed by atoms with Gasteiger partial charge in [0.15, 0.2) is 0 Å². The van der Waals surface area contributed by atoms with Gasteiger partial charge in [-0.3, -0.25) is 11.3 Å². The predicted octanol–water partition coefficient (Wildman–Crippen LogP) is 3.35. The van der Waals surface area contributed by atoms with Crippen molar-refractivity contribution in [2.75, 3.05) is 11.5 Å². The van der Waals surface area contributed by atoms with E-state index in [-0.39, 0.29) is 5.56 Å². The number of benzene rings is 1. The number of halogens is 3. The van der Waals surface area contributed by atoms with Crippen LogP contribution < -0.4 is 11.3 Å². The molecule has 0 saturated carbocycles. The molecular weight excluding hydrogens is 261 g/mol. The van der Waals surface area contributed by atoms with Crippen molar-refractivity contribution in [1.82, 2.24) is 5.43 Å². The van der Waals surface area contributed by atoms with Crippen molar-refractivity contribution in [3.63, 3.8) is 0 Å². The molecule has 102 valence electrons. The summed E-state index contributed by atoms with van der Waals surface area (Å²) in [7, 11) is 0. The molecule has 1 aromatic rings. The first kappa shape index (κ1) is 15.3. The molecule has 0 saturated heterocycles. The van der Waals surface area contributed by atoms with Gasteiger partial charge in [0, 0.05) is 5.75 Å². The molecule has 6 heteroatoms. The minimum Gasteiger partial charge on any atom is -0.271 e. The lowest BCUT2D eigenvalue weighted by atomic mass is 10.0. The molecule has 18 heavy (non-hydrogen) atoms. The summed E-state index contributed by atoms with van der Waals surface area (Å²) >= 11 is 1.59. The maximum atomic E-state index is 12.9. The molecule has 3 N–H and O–H groups in total. The third-order valence-electron chi connectivity index (χ3n) is 2.48. The van der Waals surface area contributed by atoms with Gasteiger partial charge in [0.2, 0.25) is 0 Å². The number of nitrogens with two attached hydrogens (primary N) is 1. The molecular formula is C12H17F3N2S. The molecule has 0 radical (unpaired) electrons. The Morgan fingerprint density at radius 2 is 2.00 bits per heavy atom. The van der Waals surface area contributed by atoms with Gasteiger partial charge in [0.05, 0.1) is 11.6 Å².